The molecule has 136 valence electrons. The van der Waals surface area contributed by atoms with Gasteiger partial charge in [0, 0.05) is 17.7 Å². The molecule has 0 aromatic heterocycles. The van der Waals surface area contributed by atoms with Crippen LogP contribution in [0, 0.1) is 12.8 Å². The Bertz CT molecular complexity index is 831. The minimum atomic E-state index is -3.68. The highest BCUT2D eigenvalue weighted by atomic mass is 32.2. The van der Waals surface area contributed by atoms with E-state index in [1.807, 2.05) is 0 Å². The van der Waals surface area contributed by atoms with Crippen molar-refractivity contribution in [1.29, 1.82) is 0 Å². The third kappa shape index (κ3) is 4.54. The Kier molecular flexibility index (Phi) is 5.46. The number of ether oxygens (including phenoxy) is 1. The summed E-state index contributed by atoms with van der Waals surface area (Å²) < 4.78 is 29.1. The van der Waals surface area contributed by atoms with Crippen molar-refractivity contribution in [2.24, 2.45) is 5.92 Å². The van der Waals surface area contributed by atoms with Crippen LogP contribution in [-0.2, 0) is 19.4 Å². The van der Waals surface area contributed by atoms with Crippen molar-refractivity contribution in [2.45, 2.75) is 51.0 Å². The Morgan fingerprint density at radius 3 is 2.28 bits per heavy atom. The number of ketones is 2. The van der Waals surface area contributed by atoms with Crippen molar-refractivity contribution in [3.8, 4) is 0 Å². The van der Waals surface area contributed by atoms with Gasteiger partial charge in [-0.05, 0) is 51.3 Å². The second-order valence-electron chi connectivity index (χ2n) is 6.68. The van der Waals surface area contributed by atoms with E-state index in [0.29, 0.717) is 0 Å². The lowest BCUT2D eigenvalue weighted by atomic mass is 9.96. The lowest BCUT2D eigenvalue weighted by Crippen LogP contribution is -2.19. The van der Waals surface area contributed by atoms with Crippen LogP contribution < -0.4 is 0 Å². The van der Waals surface area contributed by atoms with E-state index < -0.39 is 27.7 Å². The fourth-order valence-electron chi connectivity index (χ4n) is 2.63. The first-order valence-electron chi connectivity index (χ1n) is 8.13. The molecule has 0 atom stereocenters. The highest BCUT2D eigenvalue weighted by Gasteiger charge is 2.32. The van der Waals surface area contributed by atoms with Gasteiger partial charge in [-0.3, -0.25) is 9.59 Å². The Labute approximate surface area is 147 Å². The van der Waals surface area contributed by atoms with Gasteiger partial charge in [0.15, 0.2) is 15.6 Å². The molecule has 1 aliphatic rings. The molecule has 0 radical (unpaired) electrons. The molecule has 7 heteroatoms. The van der Waals surface area contributed by atoms with Gasteiger partial charge in [-0.25, -0.2) is 13.2 Å². The van der Waals surface area contributed by atoms with Crippen LogP contribution in [0.15, 0.2) is 17.0 Å². The molecule has 0 heterocycles. The third-order valence-electron chi connectivity index (χ3n) is 4.04. The van der Waals surface area contributed by atoms with Crippen LogP contribution >= 0.6 is 0 Å². The van der Waals surface area contributed by atoms with Gasteiger partial charge in [-0.1, -0.05) is 0 Å². The summed E-state index contributed by atoms with van der Waals surface area (Å²) in [5.41, 5.74) is 0.264. The zero-order valence-electron chi connectivity index (χ0n) is 14.8. The summed E-state index contributed by atoms with van der Waals surface area (Å²) in [6, 6.07) is 2.59. The zero-order chi connectivity index (χ0) is 18.9. The van der Waals surface area contributed by atoms with E-state index in [1.54, 1.807) is 13.8 Å². The van der Waals surface area contributed by atoms with Crippen molar-refractivity contribution >= 4 is 27.4 Å². The minimum Gasteiger partial charge on any atom is -0.459 e. The van der Waals surface area contributed by atoms with Crippen LogP contribution in [0.2, 0.25) is 0 Å². The van der Waals surface area contributed by atoms with E-state index in [9.17, 15) is 22.8 Å². The molecule has 1 fully saturated rings. The summed E-state index contributed by atoms with van der Waals surface area (Å²) in [6.07, 6.45) is 1.94. The van der Waals surface area contributed by atoms with Gasteiger partial charge in [0.05, 0.1) is 23.0 Å². The SMILES string of the molecule is Cc1c(C(=O)CC(=O)C2CC2)ccc(S(C)(=O)=O)c1C(=O)OC(C)C. The van der Waals surface area contributed by atoms with Crippen LogP contribution in [0.3, 0.4) is 0 Å². The lowest BCUT2D eigenvalue weighted by Gasteiger charge is -2.15. The Hall–Kier alpha value is -2.02. The summed E-state index contributed by atoms with van der Waals surface area (Å²) in [6.45, 7) is 4.80. The van der Waals surface area contributed by atoms with E-state index in [4.69, 9.17) is 4.74 Å². The van der Waals surface area contributed by atoms with Gasteiger partial charge >= 0.3 is 5.97 Å². The van der Waals surface area contributed by atoms with Crippen molar-refractivity contribution in [3.05, 3.63) is 28.8 Å². The van der Waals surface area contributed by atoms with Crippen LogP contribution in [0.4, 0.5) is 0 Å². The first-order valence-corrected chi connectivity index (χ1v) is 10.0. The van der Waals surface area contributed by atoms with E-state index >= 15 is 0 Å². The average Bonchev–Trinajstić information content (AvgIpc) is 3.29. The normalized spacial score (nSPS) is 14.4. The number of sulfone groups is 1. The quantitative estimate of drug-likeness (QED) is 0.418. The van der Waals surface area contributed by atoms with Gasteiger partial charge in [0.2, 0.25) is 0 Å². The number of hydrogen-bond acceptors (Lipinski definition) is 6. The fourth-order valence-corrected chi connectivity index (χ4v) is 3.55. The van der Waals surface area contributed by atoms with Gasteiger partial charge in [-0.15, -0.1) is 0 Å². The number of carbonyl (C=O) groups excluding carboxylic acids is 3. The zero-order valence-corrected chi connectivity index (χ0v) is 15.6. The molecule has 0 unspecified atom stereocenters. The molecular weight excluding hydrogens is 344 g/mol. The molecule has 1 saturated carbocycles. The molecule has 0 N–H and O–H groups in total. The van der Waals surface area contributed by atoms with E-state index in [1.165, 1.54) is 19.1 Å². The minimum absolute atomic E-state index is 0.0371. The van der Waals surface area contributed by atoms with Crippen molar-refractivity contribution in [2.75, 3.05) is 6.26 Å². The topological polar surface area (TPSA) is 94.6 Å². The largest absolute Gasteiger partial charge is 0.459 e. The molecule has 1 aromatic rings. The number of rotatable bonds is 7. The second kappa shape index (κ2) is 7.07. The third-order valence-corrected chi connectivity index (χ3v) is 5.18. The summed E-state index contributed by atoms with van der Waals surface area (Å²) in [5.74, 6) is -1.35. The summed E-state index contributed by atoms with van der Waals surface area (Å²) >= 11 is 0. The Morgan fingerprint density at radius 2 is 1.80 bits per heavy atom. The maximum atomic E-state index is 12.4. The van der Waals surface area contributed by atoms with Gasteiger partial charge in [0.1, 0.15) is 5.78 Å². The number of hydrogen-bond donors (Lipinski definition) is 0. The maximum Gasteiger partial charge on any atom is 0.340 e. The Morgan fingerprint density at radius 1 is 1.20 bits per heavy atom. The second-order valence-corrected chi connectivity index (χ2v) is 8.66. The number of benzene rings is 1. The van der Waals surface area contributed by atoms with E-state index in [0.717, 1.165) is 19.1 Å². The number of Topliss-reactive ketones (excluding diaryl/α,β-unsaturated/α-hetero) is 2. The molecule has 0 bridgehead atoms. The lowest BCUT2D eigenvalue weighted by molar-refractivity contribution is -0.119. The fraction of sp³-hybridized carbons (Fsp3) is 0.500. The van der Waals surface area contributed by atoms with E-state index in [2.05, 4.69) is 0 Å². The number of carbonyl (C=O) groups is 3. The molecule has 0 amide bonds. The predicted molar refractivity (Wildman–Crippen MR) is 91.5 cm³/mol. The van der Waals surface area contributed by atoms with Crippen molar-refractivity contribution in [3.63, 3.8) is 0 Å². The molecular formula is C18H22O6S. The summed E-state index contributed by atoms with van der Waals surface area (Å²) in [7, 11) is -3.68. The van der Waals surface area contributed by atoms with Gasteiger partial charge < -0.3 is 4.74 Å². The smallest absolute Gasteiger partial charge is 0.340 e. The molecule has 2 rings (SSSR count). The maximum absolute atomic E-state index is 12.4. The molecule has 0 spiro atoms. The molecule has 25 heavy (non-hydrogen) atoms. The van der Waals surface area contributed by atoms with Crippen LogP contribution in [-0.4, -0.2) is 38.3 Å². The molecule has 6 nitrogen and oxygen atoms in total. The van der Waals surface area contributed by atoms with E-state index in [-0.39, 0.29) is 39.7 Å². The average molecular weight is 366 g/mol. The predicted octanol–water partition coefficient (Wildman–Crippen LogP) is 2.52. The number of esters is 1. The standard InChI is InChI=1S/C18H22O6S/c1-10(2)24-18(21)17-11(3)13(7-8-16(17)25(4,22)23)15(20)9-14(19)12-5-6-12/h7-8,10,12H,5-6,9H2,1-4H3. The summed E-state index contributed by atoms with van der Waals surface area (Å²) in [4.78, 5) is 36.5. The molecule has 1 aromatic carbocycles. The monoisotopic (exact) mass is 366 g/mol. The molecule has 0 aliphatic heterocycles. The molecule has 1 aliphatic carbocycles. The van der Waals surface area contributed by atoms with Gasteiger partial charge in [-0.2, -0.15) is 0 Å². The first kappa shape index (κ1) is 19.3. The highest BCUT2D eigenvalue weighted by molar-refractivity contribution is 7.90. The summed E-state index contributed by atoms with van der Waals surface area (Å²) in [5, 5.41) is 0. The van der Waals surface area contributed by atoms with Crippen LogP contribution in [0.25, 0.3) is 0 Å². The van der Waals surface area contributed by atoms with Crippen molar-refractivity contribution < 1.29 is 27.5 Å². The first-order chi connectivity index (χ1) is 11.5. The van der Waals surface area contributed by atoms with Crippen molar-refractivity contribution in [1.82, 2.24) is 0 Å². The van der Waals surface area contributed by atoms with Crippen LogP contribution in [0.1, 0.15) is 59.4 Å². The molecule has 0 saturated heterocycles. The van der Waals surface area contributed by atoms with Gasteiger partial charge in [0.25, 0.3) is 0 Å². The highest BCUT2D eigenvalue weighted by Crippen LogP contribution is 2.32. The Balaban J connectivity index is 2.47. The van der Waals surface area contributed by atoms with Crippen LogP contribution in [0.5, 0.6) is 0 Å².